The summed E-state index contributed by atoms with van der Waals surface area (Å²) in [4.78, 5) is 0. The molecule has 1 fully saturated rings. The van der Waals surface area contributed by atoms with E-state index in [0.717, 1.165) is 4.68 Å². The van der Waals surface area contributed by atoms with E-state index < -0.39 is 19.1 Å². The molecule has 19 heavy (non-hydrogen) atoms. The Kier molecular flexibility index (Phi) is 4.07. The van der Waals surface area contributed by atoms with Crippen molar-refractivity contribution in [3.8, 4) is 6.07 Å². The molecule has 1 aromatic heterocycles. The van der Waals surface area contributed by atoms with Crippen molar-refractivity contribution >= 4 is 0 Å². The maximum atomic E-state index is 13.3. The average Bonchev–Trinajstić information content (AvgIpc) is 2.99. The molecule has 2 rings (SSSR count). The number of halogens is 2. The van der Waals surface area contributed by atoms with Crippen LogP contribution in [0, 0.1) is 11.3 Å². The molecule has 2 heterocycles. The van der Waals surface area contributed by atoms with Crippen LogP contribution in [0.1, 0.15) is 23.7 Å². The van der Waals surface area contributed by atoms with Gasteiger partial charge in [-0.05, 0) is 6.42 Å². The summed E-state index contributed by atoms with van der Waals surface area (Å²) >= 11 is 0. The van der Waals surface area contributed by atoms with Crippen molar-refractivity contribution in [2.45, 2.75) is 31.2 Å². The second kappa shape index (κ2) is 5.59. The maximum absolute atomic E-state index is 13.3. The molecule has 0 spiro atoms. The van der Waals surface area contributed by atoms with E-state index in [1.165, 1.54) is 0 Å². The minimum atomic E-state index is -3.26. The molecule has 1 atom stereocenters. The fourth-order valence-corrected chi connectivity index (χ4v) is 2.14. The fraction of sp³-hybridized carbons (Fsp3) is 0.727. The van der Waals surface area contributed by atoms with Crippen LogP contribution >= 0.6 is 0 Å². The molecule has 0 amide bonds. The Morgan fingerprint density at radius 3 is 2.95 bits per heavy atom. The third kappa shape index (κ3) is 3.05. The van der Waals surface area contributed by atoms with Gasteiger partial charge in [-0.1, -0.05) is 5.21 Å². The van der Waals surface area contributed by atoms with Gasteiger partial charge in [-0.2, -0.15) is 5.26 Å². The molecular weight excluding hydrogens is 258 g/mol. The lowest BCUT2D eigenvalue weighted by molar-refractivity contribution is -0.0662. The molecule has 8 heteroatoms. The van der Waals surface area contributed by atoms with Crippen molar-refractivity contribution in [2.24, 2.45) is 0 Å². The SMILES string of the molecule is N#CCc1nnn(CC(F)(F)CO)c1C1CCOC1. The largest absolute Gasteiger partial charge is 0.390 e. The third-order valence-corrected chi connectivity index (χ3v) is 3.02. The van der Waals surface area contributed by atoms with Gasteiger partial charge in [-0.25, -0.2) is 13.5 Å². The second-order valence-electron chi connectivity index (χ2n) is 4.49. The first-order chi connectivity index (χ1) is 9.07. The number of hydrogen-bond donors (Lipinski definition) is 1. The van der Waals surface area contributed by atoms with Crippen molar-refractivity contribution < 1.29 is 18.6 Å². The minimum absolute atomic E-state index is 0.0243. The molecule has 104 valence electrons. The quantitative estimate of drug-likeness (QED) is 0.842. The molecule has 0 radical (unpaired) electrons. The number of aromatic nitrogens is 3. The van der Waals surface area contributed by atoms with Crippen molar-refractivity contribution in [3.05, 3.63) is 11.4 Å². The molecule has 1 aliphatic rings. The number of nitrogens with zero attached hydrogens (tertiary/aromatic N) is 4. The molecule has 1 unspecified atom stereocenters. The number of alkyl halides is 2. The van der Waals surface area contributed by atoms with Crippen molar-refractivity contribution in [1.82, 2.24) is 15.0 Å². The summed E-state index contributed by atoms with van der Waals surface area (Å²) in [5, 5.41) is 24.8. The van der Waals surface area contributed by atoms with E-state index in [4.69, 9.17) is 15.1 Å². The second-order valence-corrected chi connectivity index (χ2v) is 4.49. The van der Waals surface area contributed by atoms with Crippen LogP contribution in [0.15, 0.2) is 0 Å². The smallest absolute Gasteiger partial charge is 0.289 e. The van der Waals surface area contributed by atoms with Crippen LogP contribution in [-0.4, -0.2) is 45.8 Å². The predicted molar refractivity (Wildman–Crippen MR) is 59.5 cm³/mol. The molecule has 0 saturated carbocycles. The summed E-state index contributed by atoms with van der Waals surface area (Å²) in [5.41, 5.74) is 0.930. The van der Waals surface area contributed by atoms with Gasteiger partial charge in [0.15, 0.2) is 0 Å². The molecule has 1 aliphatic heterocycles. The molecule has 6 nitrogen and oxygen atoms in total. The Morgan fingerprint density at radius 2 is 2.37 bits per heavy atom. The molecule has 0 bridgehead atoms. The van der Waals surface area contributed by atoms with E-state index >= 15 is 0 Å². The lowest BCUT2D eigenvalue weighted by Gasteiger charge is -2.17. The molecule has 0 aromatic carbocycles. The number of hydrogen-bond acceptors (Lipinski definition) is 5. The Hall–Kier alpha value is -1.59. The van der Waals surface area contributed by atoms with Crippen LogP contribution in [0.3, 0.4) is 0 Å². The van der Waals surface area contributed by atoms with Gasteiger partial charge in [-0.15, -0.1) is 5.10 Å². The zero-order valence-corrected chi connectivity index (χ0v) is 10.2. The van der Waals surface area contributed by atoms with Crippen LogP contribution in [0.2, 0.25) is 0 Å². The zero-order chi connectivity index (χ0) is 13.9. The summed E-state index contributed by atoms with van der Waals surface area (Å²) in [6.07, 6.45) is 0.715. The van der Waals surface area contributed by atoms with Gasteiger partial charge in [0.1, 0.15) is 18.8 Å². The van der Waals surface area contributed by atoms with Gasteiger partial charge >= 0.3 is 0 Å². The monoisotopic (exact) mass is 272 g/mol. The van der Waals surface area contributed by atoms with Gasteiger partial charge in [0.25, 0.3) is 5.92 Å². The topological polar surface area (TPSA) is 84.0 Å². The predicted octanol–water partition coefficient (Wildman–Crippen LogP) is 0.476. The summed E-state index contributed by atoms with van der Waals surface area (Å²) in [6.45, 7) is -1.02. The summed E-state index contributed by atoms with van der Waals surface area (Å²) in [7, 11) is 0. The Bertz CT molecular complexity index is 478. The van der Waals surface area contributed by atoms with E-state index in [2.05, 4.69) is 10.3 Å². The summed E-state index contributed by atoms with van der Waals surface area (Å²) < 4.78 is 32.9. The third-order valence-electron chi connectivity index (χ3n) is 3.02. The Morgan fingerprint density at radius 1 is 1.58 bits per heavy atom. The van der Waals surface area contributed by atoms with E-state index in [9.17, 15) is 8.78 Å². The average molecular weight is 272 g/mol. The van der Waals surface area contributed by atoms with E-state index in [1.54, 1.807) is 0 Å². The lowest BCUT2D eigenvalue weighted by Crippen LogP contribution is -2.30. The highest BCUT2D eigenvalue weighted by Gasteiger charge is 2.33. The molecular formula is C11H14F2N4O2. The van der Waals surface area contributed by atoms with Crippen LogP contribution in [0.5, 0.6) is 0 Å². The van der Waals surface area contributed by atoms with Gasteiger partial charge in [0.2, 0.25) is 0 Å². The van der Waals surface area contributed by atoms with Gasteiger partial charge in [0, 0.05) is 12.5 Å². The first-order valence-electron chi connectivity index (χ1n) is 5.93. The minimum Gasteiger partial charge on any atom is -0.390 e. The first kappa shape index (κ1) is 13.8. The van der Waals surface area contributed by atoms with E-state index in [0.29, 0.717) is 31.0 Å². The van der Waals surface area contributed by atoms with E-state index in [-0.39, 0.29) is 12.3 Å². The first-order valence-corrected chi connectivity index (χ1v) is 5.93. The van der Waals surface area contributed by atoms with Crippen molar-refractivity contribution in [2.75, 3.05) is 19.8 Å². The molecule has 0 aliphatic carbocycles. The molecule has 1 aromatic rings. The fourth-order valence-electron chi connectivity index (χ4n) is 2.14. The van der Waals surface area contributed by atoms with Crippen LogP contribution in [0.25, 0.3) is 0 Å². The Balaban J connectivity index is 2.30. The lowest BCUT2D eigenvalue weighted by atomic mass is 10.0. The number of rotatable bonds is 5. The van der Waals surface area contributed by atoms with Gasteiger partial charge in [0.05, 0.1) is 24.8 Å². The number of nitriles is 1. The highest BCUT2D eigenvalue weighted by Crippen LogP contribution is 2.28. The van der Waals surface area contributed by atoms with Crippen LogP contribution in [0.4, 0.5) is 8.78 Å². The van der Waals surface area contributed by atoms with Crippen LogP contribution < -0.4 is 0 Å². The van der Waals surface area contributed by atoms with Gasteiger partial charge in [-0.3, -0.25) is 0 Å². The van der Waals surface area contributed by atoms with Crippen molar-refractivity contribution in [1.29, 1.82) is 5.26 Å². The maximum Gasteiger partial charge on any atom is 0.289 e. The molecule has 1 saturated heterocycles. The molecule has 1 N–H and O–H groups in total. The highest BCUT2D eigenvalue weighted by atomic mass is 19.3. The van der Waals surface area contributed by atoms with Crippen LogP contribution in [-0.2, 0) is 17.7 Å². The number of ether oxygens (including phenoxy) is 1. The zero-order valence-electron chi connectivity index (χ0n) is 10.2. The number of aliphatic hydroxyl groups is 1. The Labute approximate surface area is 108 Å². The summed E-state index contributed by atoms with van der Waals surface area (Å²) in [5.74, 6) is -3.33. The summed E-state index contributed by atoms with van der Waals surface area (Å²) in [6, 6.07) is 1.94. The normalized spacial score (nSPS) is 19.6. The van der Waals surface area contributed by atoms with Crippen molar-refractivity contribution in [3.63, 3.8) is 0 Å². The van der Waals surface area contributed by atoms with E-state index in [1.807, 2.05) is 6.07 Å². The highest BCUT2D eigenvalue weighted by molar-refractivity contribution is 5.20. The van der Waals surface area contributed by atoms with Gasteiger partial charge < -0.3 is 9.84 Å². The number of aliphatic hydroxyl groups excluding tert-OH is 1. The standard InChI is InChI=1S/C11H14F2N4O2/c12-11(13,7-18)6-17-10(8-2-4-19-5-8)9(1-3-14)15-16-17/h8,18H,1-2,4-7H2.